The van der Waals surface area contributed by atoms with E-state index in [9.17, 15) is 0 Å². The summed E-state index contributed by atoms with van der Waals surface area (Å²) in [6.45, 7) is 1.56. The highest BCUT2D eigenvalue weighted by molar-refractivity contribution is 5.27. The Morgan fingerprint density at radius 2 is 2.12 bits per heavy atom. The maximum absolute atomic E-state index is 5.61. The molecule has 0 aliphatic carbocycles. The van der Waals surface area contributed by atoms with E-state index in [1.165, 1.54) is 5.56 Å². The first-order valence-electron chi connectivity index (χ1n) is 5.74. The Labute approximate surface area is 96.3 Å². The van der Waals surface area contributed by atoms with Crippen LogP contribution in [0.2, 0.25) is 0 Å². The molecule has 1 aromatic carbocycles. The van der Waals surface area contributed by atoms with Crippen molar-refractivity contribution < 1.29 is 14.2 Å². The lowest BCUT2D eigenvalue weighted by atomic mass is 10.1. The van der Waals surface area contributed by atoms with Crippen molar-refractivity contribution in [2.75, 3.05) is 20.3 Å². The summed E-state index contributed by atoms with van der Waals surface area (Å²) in [4.78, 5) is 0. The summed E-state index contributed by atoms with van der Waals surface area (Å²) in [6.07, 6.45) is 3.10. The first kappa shape index (κ1) is 11.4. The third-order valence-electron chi connectivity index (χ3n) is 2.74. The molecule has 1 aliphatic rings. The zero-order valence-electron chi connectivity index (χ0n) is 9.65. The van der Waals surface area contributed by atoms with Crippen LogP contribution >= 0.6 is 0 Å². The van der Waals surface area contributed by atoms with Crippen LogP contribution in [0.25, 0.3) is 0 Å². The van der Waals surface area contributed by atoms with Crippen LogP contribution in [-0.4, -0.2) is 26.6 Å². The molecule has 0 amide bonds. The van der Waals surface area contributed by atoms with Crippen LogP contribution in [0.5, 0.6) is 5.75 Å². The molecular weight excluding hydrogens is 204 g/mol. The van der Waals surface area contributed by atoms with Crippen LogP contribution in [0.1, 0.15) is 18.4 Å². The first-order chi connectivity index (χ1) is 7.88. The molecular formula is C13H18O3. The maximum atomic E-state index is 5.61. The molecule has 16 heavy (non-hydrogen) atoms. The van der Waals surface area contributed by atoms with Crippen LogP contribution in [0, 0.1) is 0 Å². The van der Waals surface area contributed by atoms with Gasteiger partial charge in [0.05, 0.1) is 13.7 Å². The van der Waals surface area contributed by atoms with Crippen LogP contribution in [0.4, 0.5) is 0 Å². The second-order valence-corrected chi connectivity index (χ2v) is 3.91. The second-order valence-electron chi connectivity index (χ2n) is 3.91. The average molecular weight is 222 g/mol. The van der Waals surface area contributed by atoms with E-state index >= 15 is 0 Å². The van der Waals surface area contributed by atoms with Gasteiger partial charge >= 0.3 is 0 Å². The molecule has 0 unspecified atom stereocenters. The first-order valence-corrected chi connectivity index (χ1v) is 5.74. The monoisotopic (exact) mass is 222 g/mol. The molecule has 3 heteroatoms. The third-order valence-corrected chi connectivity index (χ3v) is 2.74. The molecule has 1 aromatic rings. The molecule has 88 valence electrons. The van der Waals surface area contributed by atoms with Gasteiger partial charge in [-0.15, -0.1) is 0 Å². The molecule has 0 N–H and O–H groups in total. The lowest BCUT2D eigenvalue weighted by molar-refractivity contribution is -0.109. The van der Waals surface area contributed by atoms with E-state index in [1.54, 1.807) is 7.11 Å². The van der Waals surface area contributed by atoms with Gasteiger partial charge in [-0.2, -0.15) is 0 Å². The van der Waals surface area contributed by atoms with Crippen molar-refractivity contribution in [3.8, 4) is 5.75 Å². The number of methoxy groups -OCH3 is 1. The fourth-order valence-electron chi connectivity index (χ4n) is 1.78. The van der Waals surface area contributed by atoms with Crippen molar-refractivity contribution >= 4 is 0 Å². The molecule has 0 aromatic heterocycles. The van der Waals surface area contributed by atoms with Gasteiger partial charge in [0.25, 0.3) is 0 Å². The van der Waals surface area contributed by atoms with Crippen molar-refractivity contribution in [3.63, 3.8) is 0 Å². The van der Waals surface area contributed by atoms with Crippen LogP contribution < -0.4 is 4.74 Å². The second kappa shape index (κ2) is 5.87. The number of rotatable bonds is 5. The quantitative estimate of drug-likeness (QED) is 0.765. The van der Waals surface area contributed by atoms with Gasteiger partial charge in [0.1, 0.15) is 5.75 Å². The largest absolute Gasteiger partial charge is 0.497 e. The van der Waals surface area contributed by atoms with Crippen LogP contribution in [0.3, 0.4) is 0 Å². The molecule has 1 fully saturated rings. The highest BCUT2D eigenvalue weighted by atomic mass is 16.7. The molecule has 0 bridgehead atoms. The summed E-state index contributed by atoms with van der Waals surface area (Å²) in [5.74, 6) is 0.892. The smallest absolute Gasteiger partial charge is 0.157 e. The number of hydrogen-bond donors (Lipinski definition) is 0. The Kier molecular flexibility index (Phi) is 4.19. The van der Waals surface area contributed by atoms with Gasteiger partial charge < -0.3 is 14.2 Å². The summed E-state index contributed by atoms with van der Waals surface area (Å²) in [6, 6.07) is 8.08. The van der Waals surface area contributed by atoms with E-state index in [-0.39, 0.29) is 6.29 Å². The van der Waals surface area contributed by atoms with E-state index in [4.69, 9.17) is 14.2 Å². The van der Waals surface area contributed by atoms with E-state index in [1.807, 2.05) is 12.1 Å². The van der Waals surface area contributed by atoms with Gasteiger partial charge in [0.15, 0.2) is 6.29 Å². The summed E-state index contributed by atoms with van der Waals surface area (Å²) in [7, 11) is 1.68. The molecule has 0 spiro atoms. The molecule has 1 heterocycles. The molecule has 1 atom stereocenters. The van der Waals surface area contributed by atoms with Crippen molar-refractivity contribution in [2.45, 2.75) is 25.6 Å². The standard InChI is InChI=1S/C13H18O3/c1-14-12-6-4-11(5-7-12)8-10-16-13-3-2-9-15-13/h4-7,13H,2-3,8-10H2,1H3/t13-/m0/s1. The fourth-order valence-corrected chi connectivity index (χ4v) is 1.78. The zero-order chi connectivity index (χ0) is 11.2. The van der Waals surface area contributed by atoms with E-state index < -0.39 is 0 Å². The van der Waals surface area contributed by atoms with Crippen molar-refractivity contribution in [3.05, 3.63) is 29.8 Å². The Morgan fingerprint density at radius 1 is 1.31 bits per heavy atom. The summed E-state index contributed by atoms with van der Waals surface area (Å²) in [5, 5.41) is 0. The Hall–Kier alpha value is -1.06. The Balaban J connectivity index is 1.71. The van der Waals surface area contributed by atoms with Gasteiger partial charge in [-0.05, 0) is 30.5 Å². The van der Waals surface area contributed by atoms with Crippen molar-refractivity contribution in [1.29, 1.82) is 0 Å². The summed E-state index contributed by atoms with van der Waals surface area (Å²) >= 11 is 0. The maximum Gasteiger partial charge on any atom is 0.157 e. The predicted octanol–water partition coefficient (Wildman–Crippen LogP) is 2.39. The van der Waals surface area contributed by atoms with Gasteiger partial charge in [-0.25, -0.2) is 0 Å². The van der Waals surface area contributed by atoms with Gasteiger partial charge in [-0.1, -0.05) is 12.1 Å². The number of hydrogen-bond acceptors (Lipinski definition) is 3. The average Bonchev–Trinajstić information content (AvgIpc) is 2.83. The lowest BCUT2D eigenvalue weighted by Gasteiger charge is -2.10. The lowest BCUT2D eigenvalue weighted by Crippen LogP contribution is -2.12. The molecule has 2 rings (SSSR count). The highest BCUT2D eigenvalue weighted by Crippen LogP contribution is 2.15. The Bertz CT molecular complexity index is 301. The predicted molar refractivity (Wildman–Crippen MR) is 61.6 cm³/mol. The normalized spacial score (nSPS) is 19.9. The fraction of sp³-hybridized carbons (Fsp3) is 0.538. The molecule has 0 saturated carbocycles. The SMILES string of the molecule is COc1ccc(CCO[C@H]2CCCO2)cc1. The highest BCUT2D eigenvalue weighted by Gasteiger charge is 2.14. The minimum Gasteiger partial charge on any atom is -0.497 e. The van der Waals surface area contributed by atoms with E-state index in [0.717, 1.165) is 38.2 Å². The molecule has 1 saturated heterocycles. The number of ether oxygens (including phenoxy) is 3. The topological polar surface area (TPSA) is 27.7 Å². The van der Waals surface area contributed by atoms with Gasteiger partial charge in [0.2, 0.25) is 0 Å². The summed E-state index contributed by atoms with van der Waals surface area (Å²) in [5.41, 5.74) is 1.26. The third kappa shape index (κ3) is 3.22. The van der Waals surface area contributed by atoms with Crippen LogP contribution in [-0.2, 0) is 15.9 Å². The molecule has 3 nitrogen and oxygen atoms in total. The number of benzene rings is 1. The van der Waals surface area contributed by atoms with Gasteiger partial charge in [-0.3, -0.25) is 0 Å². The Morgan fingerprint density at radius 3 is 2.75 bits per heavy atom. The molecule has 1 aliphatic heterocycles. The minimum absolute atomic E-state index is 0.0262. The van der Waals surface area contributed by atoms with Crippen molar-refractivity contribution in [1.82, 2.24) is 0 Å². The van der Waals surface area contributed by atoms with E-state index in [0.29, 0.717) is 0 Å². The zero-order valence-corrected chi connectivity index (χ0v) is 9.65. The van der Waals surface area contributed by atoms with Gasteiger partial charge in [0, 0.05) is 13.0 Å². The summed E-state index contributed by atoms with van der Waals surface area (Å²) < 4.78 is 16.1. The minimum atomic E-state index is 0.0262. The molecule has 0 radical (unpaired) electrons. The van der Waals surface area contributed by atoms with Crippen LogP contribution in [0.15, 0.2) is 24.3 Å². The van der Waals surface area contributed by atoms with E-state index in [2.05, 4.69) is 12.1 Å². The van der Waals surface area contributed by atoms with Crippen molar-refractivity contribution in [2.24, 2.45) is 0 Å².